The number of ether oxygens (including phenoxy) is 17. The van der Waals surface area contributed by atoms with Gasteiger partial charge in [-0.2, -0.15) is 0 Å². The lowest BCUT2D eigenvalue weighted by Gasteiger charge is -2.30. The summed E-state index contributed by atoms with van der Waals surface area (Å²) in [4.78, 5) is 109. The van der Waals surface area contributed by atoms with Crippen molar-refractivity contribution in [3.63, 3.8) is 0 Å². The van der Waals surface area contributed by atoms with Gasteiger partial charge in [0.1, 0.15) is 75.2 Å². The quantitative estimate of drug-likeness (QED) is 0.00894. The second kappa shape index (κ2) is 51.1. The van der Waals surface area contributed by atoms with E-state index >= 15 is 0 Å². The summed E-state index contributed by atoms with van der Waals surface area (Å²) >= 11 is 0. The average Bonchev–Trinajstić information content (AvgIpc) is 1.68. The Morgan fingerprint density at radius 1 is 0.359 bits per heavy atom. The molecule has 3 unspecified atom stereocenters. The van der Waals surface area contributed by atoms with Gasteiger partial charge in [-0.25, -0.2) is 30.1 Å². The van der Waals surface area contributed by atoms with E-state index in [1.165, 1.54) is 30.9 Å². The van der Waals surface area contributed by atoms with E-state index in [4.69, 9.17) is 96.4 Å². The molecule has 6 aliphatic heterocycles. The number of esters is 2. The number of carboxylic acid groups (broad SMARTS) is 2. The van der Waals surface area contributed by atoms with Gasteiger partial charge in [0.25, 0.3) is 11.8 Å². The van der Waals surface area contributed by atoms with Crippen molar-refractivity contribution < 1.29 is 144 Å². The Labute approximate surface area is 851 Å². The number of aliphatic carboxylic acids is 2. The second-order valence-corrected chi connectivity index (χ2v) is 41.9. The number of aryl methyl sites for hydroxylation is 3. The second-order valence-electron chi connectivity index (χ2n) is 41.9. The van der Waals surface area contributed by atoms with Crippen molar-refractivity contribution >= 4 is 53.0 Å². The standard InChI is InChI=1S/C39H52O10.C37H50N2O10.C37H48O10/c1-24(11-10-17-38(4,5)47-21-34(41)43-8)12-13-29-28(14-15-31-37(29)46-23-45-31)32-20-30(40)36-26(3)27(25(2)19-33(36)49-32)16-18-39(6,7)48-22-35(42)44-9;1-22(9-8-15-36(4,5)47-19-32(41)38-43)10-11-27-26(12-13-29-35(27)46-21-45-29)30-18-28(40)34-24(3)25(23(2)17-31(34)49-30)14-16-37(6,7)48-20-33(42)39-44;1-22(9-8-15-36(4,5)45-19-32(39)40)10-11-27-26(12-13-29-35(27)44-21-43-29)30-18-28(38)34-24(3)25(23(2)17-31(34)47-30)14-16-37(6,7)46-20-33(41)42/h12,14-15,19,32H,10-11,13,16-18,20-23H2,1-9H3;10,12-13,17,30,43-44H,8-9,11,14-16,18-21H2,1-7H3,(H,38,41)(H,39,42);10,12-13,17,30H,8-9,11,14-16,18-21H2,1-7H3,(H,39,40)(H,41,42)/b24-12+;2*22-10+. The number of Topliss-reactive ketones (excluding diaryl/α,β-unsaturated/α-hetero) is 3. The van der Waals surface area contributed by atoms with Crippen molar-refractivity contribution in [3.8, 4) is 51.7 Å². The molecule has 6 heterocycles. The third-order valence-corrected chi connectivity index (χ3v) is 27.7. The molecular weight excluding hydrogens is 1870 g/mol. The Balaban J connectivity index is 0.000000223. The van der Waals surface area contributed by atoms with Crippen LogP contribution in [0.2, 0.25) is 0 Å². The number of carbonyl (C=O) groups excluding carboxylic acids is 7. The van der Waals surface area contributed by atoms with Crippen molar-refractivity contribution in [3.05, 3.63) is 190 Å². The molecule has 145 heavy (non-hydrogen) atoms. The predicted molar refractivity (Wildman–Crippen MR) is 541 cm³/mol. The van der Waals surface area contributed by atoms with Gasteiger partial charge in [-0.3, -0.25) is 34.4 Å². The summed E-state index contributed by atoms with van der Waals surface area (Å²) in [5.41, 5.74) is 19.7. The number of nitrogens with one attached hydrogen (secondary N) is 2. The van der Waals surface area contributed by atoms with Gasteiger partial charge in [0.15, 0.2) is 51.8 Å². The molecule has 0 radical (unpaired) electrons. The molecule has 0 saturated heterocycles. The van der Waals surface area contributed by atoms with Crippen LogP contribution in [-0.4, -0.2) is 182 Å². The highest BCUT2D eigenvalue weighted by molar-refractivity contribution is 6.03. The van der Waals surface area contributed by atoms with E-state index in [1.54, 1.807) is 11.0 Å². The average molecular weight is 2020 g/mol. The lowest BCUT2D eigenvalue weighted by Crippen LogP contribution is -2.32. The van der Waals surface area contributed by atoms with E-state index in [0.717, 1.165) is 141 Å². The van der Waals surface area contributed by atoms with Crippen LogP contribution in [0.25, 0.3) is 0 Å². The van der Waals surface area contributed by atoms with Gasteiger partial charge >= 0.3 is 23.9 Å². The Kier molecular flexibility index (Phi) is 40.5. The number of hydroxylamine groups is 2. The zero-order valence-corrected chi connectivity index (χ0v) is 88.8. The molecule has 12 rings (SSSR count). The summed E-state index contributed by atoms with van der Waals surface area (Å²) in [6.07, 6.45) is 18.6. The van der Waals surface area contributed by atoms with Crippen LogP contribution in [0.1, 0.15) is 333 Å². The first-order valence-electron chi connectivity index (χ1n) is 49.8. The van der Waals surface area contributed by atoms with Gasteiger partial charge in [0.05, 0.1) is 83.8 Å². The molecule has 0 bridgehead atoms. The molecule has 792 valence electrons. The molecule has 3 atom stereocenters. The summed E-state index contributed by atoms with van der Waals surface area (Å²) in [6, 6.07) is 17.4. The Bertz CT molecular complexity index is 5550. The molecule has 32 nitrogen and oxygen atoms in total. The maximum absolute atomic E-state index is 13.8. The number of ketones is 3. The fourth-order valence-electron chi connectivity index (χ4n) is 19.0. The molecule has 6 N–H and O–H groups in total. The monoisotopic (exact) mass is 2020 g/mol. The lowest BCUT2D eigenvalue weighted by molar-refractivity contribution is -0.152. The summed E-state index contributed by atoms with van der Waals surface area (Å²) < 4.78 is 98.0. The molecule has 0 aromatic heterocycles. The van der Waals surface area contributed by atoms with Crippen molar-refractivity contribution in [1.82, 2.24) is 11.0 Å². The van der Waals surface area contributed by atoms with Crippen molar-refractivity contribution in [2.24, 2.45) is 0 Å². The molecule has 6 aliphatic rings. The molecule has 0 spiro atoms. The summed E-state index contributed by atoms with van der Waals surface area (Å²) in [5, 5.41) is 35.4. The minimum atomic E-state index is -1.00. The minimum absolute atomic E-state index is 0.0109. The molecule has 6 aromatic carbocycles. The van der Waals surface area contributed by atoms with Crippen molar-refractivity contribution in [2.75, 3.05) is 74.2 Å². The summed E-state index contributed by atoms with van der Waals surface area (Å²) in [6.45, 7) is 40.3. The number of hydrogen-bond donors (Lipinski definition) is 6. The topological polar surface area (TPSA) is 416 Å². The summed E-state index contributed by atoms with van der Waals surface area (Å²) in [5.74, 6) is 1.86. The largest absolute Gasteiger partial charge is 0.484 e. The predicted octanol–water partition coefficient (Wildman–Crippen LogP) is 20.3. The van der Waals surface area contributed by atoms with Gasteiger partial charge < -0.3 is 90.7 Å². The van der Waals surface area contributed by atoms with Crippen LogP contribution in [-0.2, 0) is 105 Å². The van der Waals surface area contributed by atoms with Gasteiger partial charge in [0.2, 0.25) is 20.4 Å². The molecule has 6 aromatic rings. The van der Waals surface area contributed by atoms with E-state index in [-0.39, 0.29) is 103 Å². The van der Waals surface area contributed by atoms with E-state index < -0.39 is 81.6 Å². The van der Waals surface area contributed by atoms with Crippen LogP contribution in [0.5, 0.6) is 51.7 Å². The van der Waals surface area contributed by atoms with E-state index in [0.29, 0.717) is 126 Å². The number of benzene rings is 6. The molecule has 0 aliphatic carbocycles. The zero-order valence-electron chi connectivity index (χ0n) is 88.8. The fraction of sp³-hybridized carbons (Fsp3) is 0.549. The Morgan fingerprint density at radius 2 is 0.614 bits per heavy atom. The number of carbonyl (C=O) groups is 9. The van der Waals surface area contributed by atoms with Crippen LogP contribution < -0.4 is 53.6 Å². The smallest absolute Gasteiger partial charge is 0.331 e. The van der Waals surface area contributed by atoms with E-state index in [9.17, 15) is 43.2 Å². The van der Waals surface area contributed by atoms with E-state index in [1.807, 2.05) is 179 Å². The van der Waals surface area contributed by atoms with Gasteiger partial charge in [0, 0.05) is 33.4 Å². The number of rotatable bonds is 48. The summed E-state index contributed by atoms with van der Waals surface area (Å²) in [7, 11) is 2.69. The van der Waals surface area contributed by atoms with Crippen LogP contribution in [0.4, 0.5) is 0 Å². The van der Waals surface area contributed by atoms with Crippen LogP contribution in [0.3, 0.4) is 0 Å². The number of methoxy groups -OCH3 is 2. The number of carboxylic acids is 2. The number of amides is 2. The highest BCUT2D eigenvalue weighted by Gasteiger charge is 2.40. The molecule has 32 heteroatoms. The first kappa shape index (κ1) is 115. The highest BCUT2D eigenvalue weighted by Crippen LogP contribution is 2.51. The van der Waals surface area contributed by atoms with Crippen molar-refractivity contribution in [1.29, 1.82) is 0 Å². The van der Waals surface area contributed by atoms with Crippen LogP contribution in [0.15, 0.2) is 89.5 Å². The first-order chi connectivity index (χ1) is 68.3. The third-order valence-electron chi connectivity index (χ3n) is 27.7. The number of fused-ring (bicyclic) bond motifs is 6. The Morgan fingerprint density at radius 3 is 0.869 bits per heavy atom. The molecule has 0 saturated carbocycles. The van der Waals surface area contributed by atoms with Gasteiger partial charge in [-0.05, 0) is 347 Å². The molecular formula is C113H150N2O30. The van der Waals surface area contributed by atoms with Crippen LogP contribution >= 0.6 is 0 Å². The van der Waals surface area contributed by atoms with E-state index in [2.05, 4.69) is 43.7 Å². The number of hydrogen-bond acceptors (Lipinski definition) is 28. The SMILES string of the molecule is C/C(=C\Cc1c(C2CC(=O)c3c(cc(C)c(CCC(C)(C)OCC(=O)NO)c3C)O2)ccc2c1OCO2)CCCC(C)(C)OCC(=O)NO.C/C(=C\Cc1c(C2CC(=O)c3c(cc(C)c(CCC(C)(C)OCC(=O)O)c3C)O2)ccc2c1OCO2)CCCC(C)(C)OCC(=O)O.COC(=O)COC(C)(C)CCC/C(C)=C/Cc1c(C2CC(=O)c3c(cc(C)c(CCC(C)(C)OCC(=O)OC)c3C)O2)ccc2c1OCO2. The number of allylic oxidation sites excluding steroid dienone is 6. The molecule has 2 amide bonds. The fourth-order valence-corrected chi connectivity index (χ4v) is 19.0. The zero-order chi connectivity index (χ0) is 106. The van der Waals surface area contributed by atoms with Crippen LogP contribution in [0, 0.1) is 41.5 Å². The van der Waals surface area contributed by atoms with Gasteiger partial charge in [-0.1, -0.05) is 53.1 Å². The van der Waals surface area contributed by atoms with Gasteiger partial charge in [-0.15, -0.1) is 0 Å². The third kappa shape index (κ3) is 32.4. The molecule has 0 fully saturated rings. The lowest BCUT2D eigenvalue weighted by atomic mass is 9.85. The minimum Gasteiger partial charge on any atom is -0.484 e. The maximum Gasteiger partial charge on any atom is 0.331 e. The van der Waals surface area contributed by atoms with Crippen molar-refractivity contribution in [2.45, 2.75) is 332 Å². The highest BCUT2D eigenvalue weighted by atomic mass is 16.7. The maximum atomic E-state index is 13.8. The Hall–Kier alpha value is -11.8. The first-order valence-corrected chi connectivity index (χ1v) is 49.8. The normalized spacial score (nSPS) is 16.0.